The van der Waals surface area contributed by atoms with Crippen LogP contribution in [0.25, 0.3) is 0 Å². The molecule has 0 N–H and O–H groups in total. The standard InChI is InChI=1S/C11H16N2Se/c1-8-10-6-5-9(12(2)3)7-11(10)14-13(8)4/h5-8H,1-4H3. The van der Waals surface area contributed by atoms with E-state index in [2.05, 4.69) is 55.1 Å². The van der Waals surface area contributed by atoms with Crippen LogP contribution in [0, 0.1) is 0 Å². The van der Waals surface area contributed by atoms with Gasteiger partial charge >= 0.3 is 92.0 Å². The Hall–Kier alpha value is -0.501. The topological polar surface area (TPSA) is 6.48 Å². The summed E-state index contributed by atoms with van der Waals surface area (Å²) in [5.41, 5.74) is 2.83. The van der Waals surface area contributed by atoms with Crippen LogP contribution in [0.15, 0.2) is 18.2 Å². The van der Waals surface area contributed by atoms with Crippen molar-refractivity contribution in [1.82, 2.24) is 3.92 Å². The van der Waals surface area contributed by atoms with Crippen molar-refractivity contribution in [3.8, 4) is 0 Å². The third-order valence-electron chi connectivity index (χ3n) is 2.75. The zero-order valence-electron chi connectivity index (χ0n) is 9.11. The third kappa shape index (κ3) is 1.56. The van der Waals surface area contributed by atoms with Gasteiger partial charge in [-0.1, -0.05) is 0 Å². The number of fused-ring (bicyclic) bond motifs is 1. The predicted octanol–water partition coefficient (Wildman–Crippen LogP) is 1.00. The molecular weight excluding hydrogens is 239 g/mol. The average Bonchev–Trinajstić information content (AvgIpc) is 2.42. The van der Waals surface area contributed by atoms with Gasteiger partial charge in [0.05, 0.1) is 0 Å². The maximum atomic E-state index is 2.44. The van der Waals surface area contributed by atoms with Crippen LogP contribution in [0.1, 0.15) is 18.5 Å². The van der Waals surface area contributed by atoms with Crippen LogP contribution in [0.4, 0.5) is 5.69 Å². The van der Waals surface area contributed by atoms with Crippen LogP contribution in [0.3, 0.4) is 0 Å². The van der Waals surface area contributed by atoms with Crippen LogP contribution in [-0.2, 0) is 0 Å². The molecule has 1 aromatic carbocycles. The van der Waals surface area contributed by atoms with Gasteiger partial charge in [0.25, 0.3) is 0 Å². The number of nitrogens with zero attached hydrogens (tertiary/aromatic N) is 2. The Labute approximate surface area is 92.3 Å². The molecule has 1 atom stereocenters. The number of benzene rings is 1. The number of anilines is 1. The molecule has 0 saturated carbocycles. The Bertz CT molecular complexity index is 349. The van der Waals surface area contributed by atoms with Gasteiger partial charge in [0.15, 0.2) is 0 Å². The first-order chi connectivity index (χ1) is 6.59. The molecule has 3 heteroatoms. The van der Waals surface area contributed by atoms with Crippen molar-refractivity contribution in [2.75, 3.05) is 26.0 Å². The van der Waals surface area contributed by atoms with Crippen LogP contribution in [-0.4, -0.2) is 40.2 Å². The molecule has 14 heavy (non-hydrogen) atoms. The van der Waals surface area contributed by atoms with E-state index in [0.29, 0.717) is 21.2 Å². The van der Waals surface area contributed by atoms with E-state index in [1.807, 2.05) is 0 Å². The van der Waals surface area contributed by atoms with Gasteiger partial charge in [-0.3, -0.25) is 0 Å². The van der Waals surface area contributed by atoms with Gasteiger partial charge in [0, 0.05) is 0 Å². The molecule has 1 heterocycles. The molecular formula is C11H16N2Se. The van der Waals surface area contributed by atoms with Crippen molar-refractivity contribution < 1.29 is 0 Å². The number of rotatable bonds is 1. The van der Waals surface area contributed by atoms with E-state index in [-0.39, 0.29) is 0 Å². The fraction of sp³-hybridized carbons (Fsp3) is 0.455. The van der Waals surface area contributed by atoms with E-state index < -0.39 is 0 Å². The Morgan fingerprint density at radius 1 is 1.36 bits per heavy atom. The first-order valence-corrected chi connectivity index (χ1v) is 6.44. The molecule has 0 aromatic heterocycles. The fourth-order valence-electron chi connectivity index (χ4n) is 1.66. The van der Waals surface area contributed by atoms with Crippen LogP contribution in [0.5, 0.6) is 0 Å². The molecule has 0 amide bonds. The molecule has 76 valence electrons. The monoisotopic (exact) mass is 256 g/mol. The number of hydrogen-bond acceptors (Lipinski definition) is 2. The molecule has 0 aliphatic carbocycles. The third-order valence-corrected chi connectivity index (χ3v) is 5.17. The first-order valence-electron chi connectivity index (χ1n) is 4.81. The van der Waals surface area contributed by atoms with Crippen molar-refractivity contribution in [2.24, 2.45) is 0 Å². The van der Waals surface area contributed by atoms with Gasteiger partial charge in [-0.2, -0.15) is 0 Å². The summed E-state index contributed by atoms with van der Waals surface area (Å²) in [5.74, 6) is 0. The minimum atomic E-state index is 0.515. The Balaban J connectivity index is 2.39. The van der Waals surface area contributed by atoms with E-state index in [9.17, 15) is 0 Å². The molecule has 1 aliphatic heterocycles. The van der Waals surface area contributed by atoms with E-state index in [0.717, 1.165) is 0 Å². The average molecular weight is 255 g/mol. The van der Waals surface area contributed by atoms with E-state index >= 15 is 0 Å². The molecule has 1 unspecified atom stereocenters. The Morgan fingerprint density at radius 3 is 2.71 bits per heavy atom. The zero-order valence-corrected chi connectivity index (χ0v) is 10.8. The molecule has 0 radical (unpaired) electrons. The fourth-order valence-corrected chi connectivity index (χ4v) is 3.96. The van der Waals surface area contributed by atoms with Crippen LogP contribution in [0.2, 0.25) is 0 Å². The van der Waals surface area contributed by atoms with E-state index in [1.54, 1.807) is 4.46 Å². The van der Waals surface area contributed by atoms with Crippen LogP contribution < -0.4 is 9.36 Å². The van der Waals surface area contributed by atoms with Gasteiger partial charge in [0.2, 0.25) is 0 Å². The normalized spacial score (nSPS) is 21.0. The minimum absolute atomic E-state index is 0.515. The zero-order chi connectivity index (χ0) is 10.3. The quantitative estimate of drug-likeness (QED) is 0.691. The summed E-state index contributed by atoms with van der Waals surface area (Å²) < 4.78 is 3.98. The summed E-state index contributed by atoms with van der Waals surface area (Å²) >= 11 is 0.515. The molecule has 2 rings (SSSR count). The van der Waals surface area contributed by atoms with E-state index in [1.165, 1.54) is 11.3 Å². The molecule has 1 aromatic rings. The van der Waals surface area contributed by atoms with Crippen molar-refractivity contribution in [3.63, 3.8) is 0 Å². The summed E-state index contributed by atoms with van der Waals surface area (Å²) in [5, 5.41) is 0. The SMILES string of the molecule is CC1c2ccc(N(C)C)cc2[Se]N1C. The second-order valence-electron chi connectivity index (χ2n) is 3.93. The Morgan fingerprint density at radius 2 is 2.07 bits per heavy atom. The van der Waals surface area contributed by atoms with Crippen molar-refractivity contribution in [3.05, 3.63) is 23.8 Å². The summed E-state index contributed by atoms with van der Waals surface area (Å²) in [6.07, 6.45) is 0. The van der Waals surface area contributed by atoms with Gasteiger partial charge in [-0.05, 0) is 0 Å². The van der Waals surface area contributed by atoms with Gasteiger partial charge < -0.3 is 0 Å². The molecule has 0 bridgehead atoms. The van der Waals surface area contributed by atoms with Gasteiger partial charge in [0.1, 0.15) is 0 Å². The number of hydrogen-bond donors (Lipinski definition) is 0. The summed E-state index contributed by atoms with van der Waals surface area (Å²) in [6.45, 7) is 2.28. The first kappa shape index (κ1) is 10.0. The van der Waals surface area contributed by atoms with E-state index in [4.69, 9.17) is 0 Å². The molecule has 0 saturated heterocycles. The van der Waals surface area contributed by atoms with Crippen LogP contribution >= 0.6 is 0 Å². The van der Waals surface area contributed by atoms with Crippen molar-refractivity contribution in [2.45, 2.75) is 13.0 Å². The summed E-state index contributed by atoms with van der Waals surface area (Å²) in [7, 11) is 6.40. The second-order valence-corrected chi connectivity index (χ2v) is 6.44. The van der Waals surface area contributed by atoms with Gasteiger partial charge in [-0.15, -0.1) is 0 Å². The van der Waals surface area contributed by atoms with Gasteiger partial charge in [-0.25, -0.2) is 0 Å². The molecule has 0 spiro atoms. The Kier molecular flexibility index (Phi) is 2.56. The predicted molar refractivity (Wildman–Crippen MR) is 62.3 cm³/mol. The van der Waals surface area contributed by atoms with Crippen molar-refractivity contribution in [1.29, 1.82) is 0 Å². The molecule has 0 fully saturated rings. The van der Waals surface area contributed by atoms with Crippen molar-refractivity contribution >= 4 is 25.3 Å². The maximum absolute atomic E-state index is 2.44. The second kappa shape index (κ2) is 3.58. The molecule has 1 aliphatic rings. The molecule has 2 nitrogen and oxygen atoms in total. The summed E-state index contributed by atoms with van der Waals surface area (Å²) in [6, 6.07) is 7.42. The summed E-state index contributed by atoms with van der Waals surface area (Å²) in [4.78, 5) is 2.17.